The number of unbranched alkanes of at least 4 members (excludes halogenated alkanes) is 20. The Hall–Kier alpha value is -2.06. The third-order valence-corrected chi connectivity index (χ3v) is 10.9. The van der Waals surface area contributed by atoms with Crippen LogP contribution in [-0.2, 0) is 27.9 Å². The number of carbonyl (C=O) groups is 1. The first-order valence-corrected chi connectivity index (χ1v) is 25.4. The molecular formula is C50H90NO7P. The zero-order valence-corrected chi connectivity index (χ0v) is 38.9. The molecule has 0 aliphatic heterocycles. The molecule has 0 bridgehead atoms. The van der Waals surface area contributed by atoms with Crippen LogP contribution in [0.5, 0.6) is 0 Å². The van der Waals surface area contributed by atoms with Gasteiger partial charge in [-0.2, -0.15) is 0 Å². The van der Waals surface area contributed by atoms with Crippen LogP contribution in [0.4, 0.5) is 0 Å². The van der Waals surface area contributed by atoms with E-state index < -0.39 is 13.9 Å². The highest BCUT2D eigenvalue weighted by molar-refractivity contribution is 7.47. The van der Waals surface area contributed by atoms with Gasteiger partial charge in [0.1, 0.15) is 6.10 Å². The molecule has 2 atom stereocenters. The van der Waals surface area contributed by atoms with E-state index in [0.717, 1.165) is 83.5 Å². The van der Waals surface area contributed by atoms with Crippen molar-refractivity contribution in [3.63, 3.8) is 0 Å². The average Bonchev–Trinajstić information content (AvgIpc) is 3.23. The van der Waals surface area contributed by atoms with Crippen LogP contribution in [0.25, 0.3) is 0 Å². The first-order valence-electron chi connectivity index (χ1n) is 23.9. The van der Waals surface area contributed by atoms with Crippen molar-refractivity contribution in [2.24, 2.45) is 5.73 Å². The van der Waals surface area contributed by atoms with Crippen LogP contribution in [0.2, 0.25) is 0 Å². The molecule has 0 saturated heterocycles. The Bertz CT molecular complexity index is 1130. The molecule has 0 amide bonds. The fourth-order valence-corrected chi connectivity index (χ4v) is 7.18. The van der Waals surface area contributed by atoms with Gasteiger partial charge in [-0.15, -0.1) is 0 Å². The first-order chi connectivity index (χ1) is 28.9. The van der Waals surface area contributed by atoms with Crippen molar-refractivity contribution in [2.75, 3.05) is 33.0 Å². The summed E-state index contributed by atoms with van der Waals surface area (Å²) in [5.74, 6) is -0.338. The molecule has 0 spiro atoms. The Morgan fingerprint density at radius 1 is 0.525 bits per heavy atom. The number of carbonyl (C=O) groups excluding carboxylic acids is 1. The Morgan fingerprint density at radius 3 is 1.42 bits per heavy atom. The molecule has 59 heavy (non-hydrogen) atoms. The summed E-state index contributed by atoms with van der Waals surface area (Å²) in [5.41, 5.74) is 5.38. The van der Waals surface area contributed by atoms with Crippen molar-refractivity contribution in [3.05, 3.63) is 72.9 Å². The smallest absolute Gasteiger partial charge is 0.457 e. The van der Waals surface area contributed by atoms with Crippen LogP contribution in [0.15, 0.2) is 72.9 Å². The van der Waals surface area contributed by atoms with Gasteiger partial charge in [-0.05, 0) is 64.2 Å². The van der Waals surface area contributed by atoms with E-state index in [9.17, 15) is 14.3 Å². The summed E-state index contributed by atoms with van der Waals surface area (Å²) in [7, 11) is -4.29. The number of allylic oxidation sites excluding steroid dienone is 12. The lowest BCUT2D eigenvalue weighted by Crippen LogP contribution is -2.28. The van der Waals surface area contributed by atoms with Crippen LogP contribution in [0.1, 0.15) is 200 Å². The minimum Gasteiger partial charge on any atom is -0.457 e. The van der Waals surface area contributed by atoms with E-state index in [0.29, 0.717) is 13.0 Å². The monoisotopic (exact) mass is 848 g/mol. The highest BCUT2D eigenvalue weighted by Gasteiger charge is 2.25. The molecular weight excluding hydrogens is 758 g/mol. The zero-order valence-electron chi connectivity index (χ0n) is 38.0. The van der Waals surface area contributed by atoms with E-state index in [1.54, 1.807) is 0 Å². The maximum atomic E-state index is 12.6. The summed E-state index contributed by atoms with van der Waals surface area (Å²) in [6.45, 7) is 4.77. The van der Waals surface area contributed by atoms with Gasteiger partial charge in [0.05, 0.1) is 19.8 Å². The first kappa shape index (κ1) is 56.9. The Morgan fingerprint density at radius 2 is 0.949 bits per heavy atom. The van der Waals surface area contributed by atoms with Gasteiger partial charge < -0.3 is 20.1 Å². The molecule has 2 unspecified atom stereocenters. The van der Waals surface area contributed by atoms with Gasteiger partial charge in [0.25, 0.3) is 0 Å². The molecule has 0 aromatic carbocycles. The standard InChI is InChI=1S/C50H90NO7P/c1-3-5-7-9-11-13-15-17-19-21-22-23-24-25-26-27-28-30-32-34-36-38-40-42-45-55-47-49(48-57-59(53,54)56-46-44-51)58-50(52)43-41-39-37-35-33-31-29-20-18-16-14-12-10-8-6-4-2/h5,7,11,13,17,19,22-23,25-26,28,30,49H,3-4,6,8-10,12,14-16,18,20-21,24,27,29,31-48,51H2,1-2H3,(H,53,54)/b7-5-,13-11-,19-17-,23-22-,26-25-,30-28-. The lowest BCUT2D eigenvalue weighted by Gasteiger charge is -2.20. The van der Waals surface area contributed by atoms with Crippen molar-refractivity contribution in [1.29, 1.82) is 0 Å². The van der Waals surface area contributed by atoms with E-state index in [2.05, 4.69) is 86.8 Å². The average molecular weight is 848 g/mol. The maximum Gasteiger partial charge on any atom is 0.472 e. The largest absolute Gasteiger partial charge is 0.472 e. The van der Waals surface area contributed by atoms with Gasteiger partial charge in [-0.3, -0.25) is 13.8 Å². The minimum absolute atomic E-state index is 0.0945. The number of phosphoric acid groups is 1. The second-order valence-electron chi connectivity index (χ2n) is 15.6. The van der Waals surface area contributed by atoms with E-state index in [4.69, 9.17) is 24.3 Å². The number of hydrogen-bond acceptors (Lipinski definition) is 7. The number of hydrogen-bond donors (Lipinski definition) is 2. The molecule has 9 heteroatoms. The maximum absolute atomic E-state index is 12.6. The molecule has 3 N–H and O–H groups in total. The van der Waals surface area contributed by atoms with E-state index in [1.165, 1.54) is 96.3 Å². The molecule has 0 fully saturated rings. The van der Waals surface area contributed by atoms with Crippen LogP contribution in [-0.4, -0.2) is 49.9 Å². The fraction of sp³-hybridized carbons (Fsp3) is 0.740. The Kier molecular flexibility index (Phi) is 45.4. The fourth-order valence-electron chi connectivity index (χ4n) is 6.41. The van der Waals surface area contributed by atoms with Gasteiger partial charge in [0.2, 0.25) is 0 Å². The highest BCUT2D eigenvalue weighted by Crippen LogP contribution is 2.43. The highest BCUT2D eigenvalue weighted by atomic mass is 31.2. The molecule has 8 nitrogen and oxygen atoms in total. The number of phosphoric ester groups is 1. The SMILES string of the molecule is CC/C=C\C/C=C\C/C=C\C/C=C\C/C=C\C/C=C\CCCCCCCOCC(COP(=O)(O)OCCN)OC(=O)CCCCCCCCCCCCCCCCCC. The van der Waals surface area contributed by atoms with Gasteiger partial charge >= 0.3 is 13.8 Å². The number of nitrogens with two attached hydrogens (primary N) is 1. The van der Waals surface area contributed by atoms with Gasteiger partial charge in [0, 0.05) is 19.6 Å². The second kappa shape index (κ2) is 47.0. The third-order valence-electron chi connectivity index (χ3n) is 9.89. The number of ether oxygens (including phenoxy) is 2. The Balaban J connectivity index is 4.03. The molecule has 0 aliphatic carbocycles. The van der Waals surface area contributed by atoms with Crippen molar-refractivity contribution < 1.29 is 32.8 Å². The van der Waals surface area contributed by atoms with Gasteiger partial charge in [-0.25, -0.2) is 4.57 Å². The molecule has 0 saturated carbocycles. The van der Waals surface area contributed by atoms with E-state index in [1.807, 2.05) is 0 Å². The molecule has 342 valence electrons. The van der Waals surface area contributed by atoms with Crippen LogP contribution >= 0.6 is 7.82 Å². The summed E-state index contributed by atoms with van der Waals surface area (Å²) >= 11 is 0. The molecule has 0 aromatic heterocycles. The predicted molar refractivity (Wildman–Crippen MR) is 252 cm³/mol. The lowest BCUT2D eigenvalue weighted by atomic mass is 10.0. The van der Waals surface area contributed by atoms with Crippen molar-refractivity contribution in [3.8, 4) is 0 Å². The zero-order chi connectivity index (χ0) is 43.0. The number of esters is 1. The topological polar surface area (TPSA) is 117 Å². The molecule has 0 heterocycles. The summed E-state index contributed by atoms with van der Waals surface area (Å²) in [6.07, 6.45) is 59.2. The van der Waals surface area contributed by atoms with Crippen molar-refractivity contribution in [2.45, 2.75) is 206 Å². The van der Waals surface area contributed by atoms with Crippen molar-refractivity contribution in [1.82, 2.24) is 0 Å². The molecule has 0 rings (SSSR count). The van der Waals surface area contributed by atoms with Crippen LogP contribution in [0.3, 0.4) is 0 Å². The minimum atomic E-state index is -4.29. The summed E-state index contributed by atoms with van der Waals surface area (Å²) in [5, 5.41) is 0. The molecule has 0 aromatic rings. The second-order valence-corrected chi connectivity index (χ2v) is 17.1. The summed E-state index contributed by atoms with van der Waals surface area (Å²) in [4.78, 5) is 22.5. The van der Waals surface area contributed by atoms with Crippen LogP contribution in [0, 0.1) is 0 Å². The Labute approximate surface area is 363 Å². The van der Waals surface area contributed by atoms with E-state index >= 15 is 0 Å². The normalized spacial score (nSPS) is 14.0. The van der Waals surface area contributed by atoms with Crippen molar-refractivity contribution >= 4 is 13.8 Å². The number of rotatable bonds is 45. The third kappa shape index (κ3) is 46.9. The van der Waals surface area contributed by atoms with Gasteiger partial charge in [-0.1, -0.05) is 202 Å². The lowest BCUT2D eigenvalue weighted by molar-refractivity contribution is -0.154. The van der Waals surface area contributed by atoms with Crippen LogP contribution < -0.4 is 5.73 Å². The van der Waals surface area contributed by atoms with Gasteiger partial charge in [0.15, 0.2) is 0 Å². The predicted octanol–water partition coefficient (Wildman–Crippen LogP) is 14.7. The molecule has 0 radical (unpaired) electrons. The quantitative estimate of drug-likeness (QED) is 0.0269. The van der Waals surface area contributed by atoms with E-state index in [-0.39, 0.29) is 32.3 Å². The molecule has 0 aliphatic rings. The summed E-state index contributed by atoms with van der Waals surface area (Å²) < 4.78 is 33.5. The summed E-state index contributed by atoms with van der Waals surface area (Å²) in [6, 6.07) is 0.